The first-order valence-electron chi connectivity index (χ1n) is 8.72. The number of hydrogen-bond donors (Lipinski definition) is 1. The number of fused-ring (bicyclic) bond motifs is 1. The SMILES string of the molecule is CCOC(=O)CN1CCC(Nc2nc(Cl)nc3ccc([N+](=O)[O-])cc23)CC1. The zero-order valence-electron chi connectivity index (χ0n) is 14.9. The number of nitro benzene ring substituents is 1. The van der Waals surface area contributed by atoms with E-state index in [1.165, 1.54) is 12.1 Å². The van der Waals surface area contributed by atoms with E-state index in [9.17, 15) is 14.9 Å². The maximum Gasteiger partial charge on any atom is 0.320 e. The van der Waals surface area contributed by atoms with Crippen LogP contribution in [0.25, 0.3) is 10.9 Å². The number of likely N-dealkylation sites (tertiary alicyclic amines) is 1. The molecule has 0 atom stereocenters. The van der Waals surface area contributed by atoms with E-state index in [0.29, 0.717) is 23.3 Å². The molecule has 1 N–H and O–H groups in total. The number of nitrogens with zero attached hydrogens (tertiary/aromatic N) is 4. The van der Waals surface area contributed by atoms with Crippen molar-refractivity contribution in [1.29, 1.82) is 0 Å². The Morgan fingerprint density at radius 3 is 2.81 bits per heavy atom. The molecule has 0 aliphatic carbocycles. The number of piperidine rings is 1. The molecule has 0 radical (unpaired) electrons. The van der Waals surface area contributed by atoms with Crippen LogP contribution < -0.4 is 5.32 Å². The van der Waals surface area contributed by atoms with Crippen LogP contribution in [0.4, 0.5) is 11.5 Å². The number of nitro groups is 1. The Labute approximate surface area is 160 Å². The van der Waals surface area contributed by atoms with Crippen LogP contribution in [0.15, 0.2) is 18.2 Å². The van der Waals surface area contributed by atoms with Gasteiger partial charge >= 0.3 is 5.97 Å². The maximum atomic E-state index is 11.6. The molecule has 1 aliphatic rings. The van der Waals surface area contributed by atoms with Gasteiger partial charge in [-0.3, -0.25) is 19.8 Å². The Hall–Kier alpha value is -2.52. The summed E-state index contributed by atoms with van der Waals surface area (Å²) in [4.78, 5) is 32.6. The first kappa shape index (κ1) is 19.2. The second kappa shape index (κ2) is 8.45. The molecule has 1 saturated heterocycles. The highest BCUT2D eigenvalue weighted by Crippen LogP contribution is 2.28. The minimum atomic E-state index is -0.453. The number of nitrogens with one attached hydrogen (secondary N) is 1. The van der Waals surface area contributed by atoms with Gasteiger partial charge in [-0.25, -0.2) is 9.97 Å². The standard InChI is InChI=1S/C17H20ClN5O4/c1-2-27-15(24)10-22-7-5-11(6-8-22)19-16-13-9-12(23(25)26)3-4-14(13)20-17(18)21-16/h3-4,9,11H,2,5-8,10H2,1H3,(H,19,20,21). The quantitative estimate of drug-likeness (QED) is 0.345. The fraction of sp³-hybridized carbons (Fsp3) is 0.471. The van der Waals surface area contributed by atoms with Gasteiger partial charge in [-0.05, 0) is 37.4 Å². The summed E-state index contributed by atoms with van der Waals surface area (Å²) in [5.41, 5.74) is 0.517. The Kier molecular flexibility index (Phi) is 6.02. The lowest BCUT2D eigenvalue weighted by atomic mass is 10.0. The molecule has 1 aromatic heterocycles. The number of ether oxygens (including phenoxy) is 1. The molecular formula is C17H20ClN5O4. The predicted octanol–water partition coefficient (Wildman–Crippen LogP) is 2.63. The van der Waals surface area contributed by atoms with E-state index in [-0.39, 0.29) is 29.5 Å². The molecule has 144 valence electrons. The van der Waals surface area contributed by atoms with E-state index < -0.39 is 4.92 Å². The minimum Gasteiger partial charge on any atom is -0.465 e. The third kappa shape index (κ3) is 4.81. The van der Waals surface area contributed by atoms with Gasteiger partial charge < -0.3 is 10.1 Å². The van der Waals surface area contributed by atoms with Gasteiger partial charge in [0, 0.05) is 36.7 Å². The van der Waals surface area contributed by atoms with Crippen molar-refractivity contribution >= 4 is 40.0 Å². The van der Waals surface area contributed by atoms with Gasteiger partial charge in [-0.15, -0.1) is 0 Å². The number of halogens is 1. The van der Waals surface area contributed by atoms with Gasteiger partial charge in [-0.1, -0.05) is 0 Å². The molecule has 2 heterocycles. The molecule has 3 rings (SSSR count). The van der Waals surface area contributed by atoms with Crippen molar-refractivity contribution < 1.29 is 14.5 Å². The minimum absolute atomic E-state index is 0.0271. The van der Waals surface area contributed by atoms with Gasteiger partial charge in [0.15, 0.2) is 0 Å². The van der Waals surface area contributed by atoms with E-state index in [1.807, 2.05) is 4.90 Å². The van der Waals surface area contributed by atoms with E-state index in [1.54, 1.807) is 13.0 Å². The van der Waals surface area contributed by atoms with Gasteiger partial charge in [0.2, 0.25) is 5.28 Å². The van der Waals surface area contributed by atoms with E-state index in [2.05, 4.69) is 15.3 Å². The van der Waals surface area contributed by atoms with Gasteiger partial charge in [0.25, 0.3) is 5.69 Å². The molecule has 0 saturated carbocycles. The number of carbonyl (C=O) groups excluding carboxylic acids is 1. The molecule has 2 aromatic rings. The normalized spacial score (nSPS) is 15.6. The maximum absolute atomic E-state index is 11.6. The third-order valence-corrected chi connectivity index (χ3v) is 4.62. The van der Waals surface area contributed by atoms with Crippen molar-refractivity contribution in [3.8, 4) is 0 Å². The zero-order chi connectivity index (χ0) is 19.4. The van der Waals surface area contributed by atoms with Crippen LogP contribution in [-0.4, -0.2) is 58.0 Å². The summed E-state index contributed by atoms with van der Waals surface area (Å²) in [5, 5.41) is 15.0. The van der Waals surface area contributed by atoms with E-state index in [4.69, 9.17) is 16.3 Å². The molecule has 0 bridgehead atoms. The summed E-state index contributed by atoms with van der Waals surface area (Å²) in [5.74, 6) is 0.266. The zero-order valence-corrected chi connectivity index (χ0v) is 15.6. The Bertz CT molecular complexity index is 855. The molecule has 9 nitrogen and oxygen atoms in total. The lowest BCUT2D eigenvalue weighted by molar-refractivity contribution is -0.384. The summed E-state index contributed by atoms with van der Waals surface area (Å²) in [6.45, 7) is 3.94. The molecular weight excluding hydrogens is 374 g/mol. The molecule has 27 heavy (non-hydrogen) atoms. The number of aromatic nitrogens is 2. The molecule has 0 amide bonds. The summed E-state index contributed by atoms with van der Waals surface area (Å²) in [7, 11) is 0. The molecule has 1 aromatic carbocycles. The topological polar surface area (TPSA) is 110 Å². The fourth-order valence-corrected chi connectivity index (χ4v) is 3.31. The monoisotopic (exact) mass is 393 g/mol. The molecule has 0 spiro atoms. The summed E-state index contributed by atoms with van der Waals surface area (Å²) in [6, 6.07) is 4.53. The Morgan fingerprint density at radius 1 is 1.41 bits per heavy atom. The van der Waals surface area contributed by atoms with Crippen LogP contribution in [0.5, 0.6) is 0 Å². The average molecular weight is 394 g/mol. The summed E-state index contributed by atoms with van der Waals surface area (Å²) < 4.78 is 4.98. The third-order valence-electron chi connectivity index (χ3n) is 4.45. The van der Waals surface area contributed by atoms with Crippen molar-refractivity contribution in [3.05, 3.63) is 33.6 Å². The number of rotatable bonds is 6. The highest BCUT2D eigenvalue weighted by molar-refractivity contribution is 6.28. The number of non-ortho nitro benzene ring substituents is 1. The number of hydrogen-bond acceptors (Lipinski definition) is 8. The van der Waals surface area contributed by atoms with Crippen molar-refractivity contribution in [2.24, 2.45) is 0 Å². The Balaban J connectivity index is 1.71. The van der Waals surface area contributed by atoms with E-state index >= 15 is 0 Å². The first-order chi connectivity index (χ1) is 13.0. The Morgan fingerprint density at radius 2 is 2.15 bits per heavy atom. The van der Waals surface area contributed by atoms with Gasteiger partial charge in [-0.2, -0.15) is 0 Å². The van der Waals surface area contributed by atoms with Crippen molar-refractivity contribution in [2.45, 2.75) is 25.8 Å². The summed E-state index contributed by atoms with van der Waals surface area (Å²) in [6.07, 6.45) is 1.61. The number of carbonyl (C=O) groups is 1. The largest absolute Gasteiger partial charge is 0.465 e. The number of esters is 1. The molecule has 1 fully saturated rings. The van der Waals surface area contributed by atoms with Crippen molar-refractivity contribution in [3.63, 3.8) is 0 Å². The number of anilines is 1. The molecule has 0 unspecified atom stereocenters. The second-order valence-electron chi connectivity index (χ2n) is 6.30. The lowest BCUT2D eigenvalue weighted by Crippen LogP contribution is -2.42. The van der Waals surface area contributed by atoms with Crippen molar-refractivity contribution in [1.82, 2.24) is 14.9 Å². The van der Waals surface area contributed by atoms with Gasteiger partial charge in [0.1, 0.15) is 5.82 Å². The van der Waals surface area contributed by atoms with Crippen LogP contribution in [0.1, 0.15) is 19.8 Å². The predicted molar refractivity (Wildman–Crippen MR) is 101 cm³/mol. The molecule has 10 heteroatoms. The van der Waals surface area contributed by atoms with Crippen molar-refractivity contribution in [2.75, 3.05) is 31.6 Å². The highest BCUT2D eigenvalue weighted by atomic mass is 35.5. The highest BCUT2D eigenvalue weighted by Gasteiger charge is 2.22. The molecule has 1 aliphatic heterocycles. The van der Waals surface area contributed by atoms with Gasteiger partial charge in [0.05, 0.1) is 23.6 Å². The first-order valence-corrected chi connectivity index (χ1v) is 9.10. The average Bonchev–Trinajstić information content (AvgIpc) is 2.63. The van der Waals surface area contributed by atoms with Crippen LogP contribution in [0.2, 0.25) is 5.28 Å². The lowest BCUT2D eigenvalue weighted by Gasteiger charge is -2.32. The number of benzene rings is 1. The van der Waals surface area contributed by atoms with Crippen LogP contribution in [-0.2, 0) is 9.53 Å². The second-order valence-corrected chi connectivity index (χ2v) is 6.64. The summed E-state index contributed by atoms with van der Waals surface area (Å²) >= 11 is 6.00. The van der Waals surface area contributed by atoms with Crippen LogP contribution in [0.3, 0.4) is 0 Å². The van der Waals surface area contributed by atoms with Crippen LogP contribution >= 0.6 is 11.6 Å². The smallest absolute Gasteiger partial charge is 0.320 e. The van der Waals surface area contributed by atoms with Crippen LogP contribution in [0, 0.1) is 10.1 Å². The van der Waals surface area contributed by atoms with E-state index in [0.717, 1.165) is 25.9 Å². The fourth-order valence-electron chi connectivity index (χ4n) is 3.13.